The van der Waals surface area contributed by atoms with E-state index in [0.717, 1.165) is 0 Å². The molecule has 0 spiro atoms. The molecule has 2 aromatic carbocycles. The molecule has 0 fully saturated rings. The predicted molar refractivity (Wildman–Crippen MR) is 156 cm³/mol. The molecule has 202 valence electrons. The van der Waals surface area contributed by atoms with Gasteiger partial charge >= 0.3 is 0 Å². The lowest BCUT2D eigenvalue weighted by atomic mass is 10.0. The standard InChI is InChI=1S/C27H19Cl4FN8/c1-13(2)40-12-22(38-39-40)26(17-4-6-23(30)37-27(17)31)36-16-7-18-24(35-15-3-5-21(32)19(28)8-15)14(10-33)11-34-25(18)20(29)9-16/h3-9,11-13,26,36H,1-2H3,(H,34,35)/t26-/m0/s1. The van der Waals surface area contributed by atoms with Crippen molar-refractivity contribution in [2.75, 3.05) is 10.6 Å². The van der Waals surface area contributed by atoms with Gasteiger partial charge in [0.2, 0.25) is 0 Å². The molecular weight excluding hydrogens is 597 g/mol. The van der Waals surface area contributed by atoms with Crippen LogP contribution in [0.4, 0.5) is 21.5 Å². The van der Waals surface area contributed by atoms with Gasteiger partial charge in [0.25, 0.3) is 0 Å². The topological polar surface area (TPSA) is 104 Å². The van der Waals surface area contributed by atoms with E-state index in [4.69, 9.17) is 46.4 Å². The SMILES string of the molecule is CC(C)n1cc([C@@H](Nc2cc(Cl)c3ncc(C#N)c(Nc4ccc(F)c(Cl)c4)c3c2)c2ccc(Cl)nc2Cl)nn1. The number of halogens is 5. The maximum Gasteiger partial charge on any atom is 0.141 e. The minimum atomic E-state index is -0.585. The molecule has 3 heterocycles. The average molecular weight is 616 g/mol. The van der Waals surface area contributed by atoms with E-state index in [1.807, 2.05) is 20.0 Å². The zero-order chi connectivity index (χ0) is 28.6. The number of benzene rings is 2. The molecule has 2 N–H and O–H groups in total. The lowest BCUT2D eigenvalue weighted by molar-refractivity contribution is 0.514. The zero-order valence-electron chi connectivity index (χ0n) is 20.9. The maximum atomic E-state index is 13.8. The van der Waals surface area contributed by atoms with Crippen molar-refractivity contribution in [3.05, 3.63) is 97.8 Å². The largest absolute Gasteiger partial charge is 0.373 e. The van der Waals surface area contributed by atoms with Crippen LogP contribution in [0.5, 0.6) is 0 Å². The van der Waals surface area contributed by atoms with Crippen LogP contribution in [0.15, 0.2) is 54.9 Å². The van der Waals surface area contributed by atoms with E-state index in [1.54, 1.807) is 28.9 Å². The highest BCUT2D eigenvalue weighted by Gasteiger charge is 2.23. The van der Waals surface area contributed by atoms with E-state index in [0.29, 0.717) is 44.2 Å². The van der Waals surface area contributed by atoms with Crippen molar-refractivity contribution in [1.29, 1.82) is 5.26 Å². The highest BCUT2D eigenvalue weighted by molar-refractivity contribution is 6.36. The molecule has 0 aliphatic heterocycles. The molecule has 1 atom stereocenters. The quantitative estimate of drug-likeness (QED) is 0.177. The Morgan fingerprint density at radius 2 is 1.77 bits per heavy atom. The van der Waals surface area contributed by atoms with E-state index in [9.17, 15) is 9.65 Å². The number of anilines is 3. The van der Waals surface area contributed by atoms with Gasteiger partial charge in [0.1, 0.15) is 33.9 Å². The molecule has 0 saturated heterocycles. The summed E-state index contributed by atoms with van der Waals surface area (Å²) in [5.41, 5.74) is 3.38. The van der Waals surface area contributed by atoms with Crippen LogP contribution >= 0.6 is 46.4 Å². The molecule has 0 radical (unpaired) electrons. The molecule has 5 rings (SSSR count). The third-order valence-corrected chi connectivity index (χ3v) is 7.14. The average Bonchev–Trinajstić information content (AvgIpc) is 3.41. The van der Waals surface area contributed by atoms with Crippen molar-refractivity contribution < 1.29 is 4.39 Å². The number of fused-ring (bicyclic) bond motifs is 1. The molecule has 40 heavy (non-hydrogen) atoms. The Morgan fingerprint density at radius 1 is 1.00 bits per heavy atom. The van der Waals surface area contributed by atoms with Gasteiger partial charge in [0.15, 0.2) is 0 Å². The lowest BCUT2D eigenvalue weighted by Gasteiger charge is -2.20. The smallest absolute Gasteiger partial charge is 0.141 e. The fourth-order valence-electron chi connectivity index (χ4n) is 4.07. The summed E-state index contributed by atoms with van der Waals surface area (Å²) in [4.78, 5) is 8.57. The molecule has 3 aromatic heterocycles. The van der Waals surface area contributed by atoms with Crippen molar-refractivity contribution in [1.82, 2.24) is 25.0 Å². The van der Waals surface area contributed by atoms with E-state index in [-0.39, 0.29) is 26.9 Å². The van der Waals surface area contributed by atoms with Gasteiger partial charge in [0, 0.05) is 34.6 Å². The second-order valence-electron chi connectivity index (χ2n) is 9.08. The highest BCUT2D eigenvalue weighted by atomic mass is 35.5. The summed E-state index contributed by atoms with van der Waals surface area (Å²) in [7, 11) is 0. The normalized spacial score (nSPS) is 12.0. The van der Waals surface area contributed by atoms with Crippen molar-refractivity contribution in [2.24, 2.45) is 0 Å². The summed E-state index contributed by atoms with van der Waals surface area (Å²) in [5, 5.41) is 26.3. The number of hydrogen-bond donors (Lipinski definition) is 2. The van der Waals surface area contributed by atoms with Crippen LogP contribution in [0.25, 0.3) is 10.9 Å². The van der Waals surface area contributed by atoms with Crippen molar-refractivity contribution >= 4 is 74.4 Å². The fraction of sp³-hybridized carbons (Fsp3) is 0.148. The molecule has 0 unspecified atom stereocenters. The van der Waals surface area contributed by atoms with Crippen LogP contribution in [0.3, 0.4) is 0 Å². The number of rotatable bonds is 7. The molecule has 8 nitrogen and oxygen atoms in total. The van der Waals surface area contributed by atoms with Crippen LogP contribution < -0.4 is 10.6 Å². The Labute approximate surface area is 248 Å². The first-order valence-electron chi connectivity index (χ1n) is 11.9. The summed E-state index contributed by atoms with van der Waals surface area (Å²) >= 11 is 25.2. The molecular formula is C27H19Cl4FN8. The number of hydrogen-bond acceptors (Lipinski definition) is 7. The minimum absolute atomic E-state index is 0.0620. The van der Waals surface area contributed by atoms with E-state index >= 15 is 0 Å². The number of nitrogens with one attached hydrogen (secondary N) is 2. The maximum absolute atomic E-state index is 13.8. The van der Waals surface area contributed by atoms with Crippen LogP contribution in [-0.4, -0.2) is 25.0 Å². The van der Waals surface area contributed by atoms with Crippen LogP contribution in [0.2, 0.25) is 20.4 Å². The van der Waals surface area contributed by atoms with Crippen LogP contribution in [0.1, 0.15) is 42.8 Å². The van der Waals surface area contributed by atoms with Gasteiger partial charge in [-0.05, 0) is 50.2 Å². The Kier molecular flexibility index (Phi) is 7.97. The third kappa shape index (κ3) is 5.62. The van der Waals surface area contributed by atoms with Gasteiger partial charge in [-0.1, -0.05) is 57.7 Å². The Morgan fingerprint density at radius 3 is 2.45 bits per heavy atom. The van der Waals surface area contributed by atoms with E-state index in [1.165, 1.54) is 24.4 Å². The second-order valence-corrected chi connectivity index (χ2v) is 10.6. The zero-order valence-corrected chi connectivity index (χ0v) is 23.9. The van der Waals surface area contributed by atoms with Crippen LogP contribution in [-0.2, 0) is 0 Å². The van der Waals surface area contributed by atoms with Gasteiger partial charge in [-0.15, -0.1) is 5.10 Å². The number of nitriles is 1. The summed E-state index contributed by atoms with van der Waals surface area (Å²) < 4.78 is 15.5. The molecule has 0 bridgehead atoms. The highest BCUT2D eigenvalue weighted by Crippen LogP contribution is 2.38. The predicted octanol–water partition coefficient (Wildman–Crippen LogP) is 8.37. The van der Waals surface area contributed by atoms with Crippen molar-refractivity contribution in [2.45, 2.75) is 25.9 Å². The van der Waals surface area contributed by atoms with E-state index in [2.05, 4.69) is 37.0 Å². The van der Waals surface area contributed by atoms with Crippen LogP contribution in [0, 0.1) is 17.1 Å². The lowest BCUT2D eigenvalue weighted by Crippen LogP contribution is -2.14. The van der Waals surface area contributed by atoms with Crippen molar-refractivity contribution in [3.63, 3.8) is 0 Å². The number of aromatic nitrogens is 5. The minimum Gasteiger partial charge on any atom is -0.373 e. The van der Waals surface area contributed by atoms with Gasteiger partial charge in [-0.25, -0.2) is 14.1 Å². The summed E-state index contributed by atoms with van der Waals surface area (Å²) in [5.74, 6) is -0.558. The summed E-state index contributed by atoms with van der Waals surface area (Å²) in [6.45, 7) is 3.98. The van der Waals surface area contributed by atoms with Gasteiger partial charge in [-0.2, -0.15) is 5.26 Å². The molecule has 0 aliphatic rings. The molecule has 0 saturated carbocycles. The monoisotopic (exact) mass is 614 g/mol. The number of nitrogens with zero attached hydrogens (tertiary/aromatic N) is 6. The first-order valence-corrected chi connectivity index (χ1v) is 13.4. The fourth-order valence-corrected chi connectivity index (χ4v) is 4.97. The Bertz CT molecular complexity index is 1780. The van der Waals surface area contributed by atoms with Gasteiger partial charge in [0.05, 0.1) is 33.0 Å². The third-order valence-electron chi connectivity index (χ3n) is 6.05. The van der Waals surface area contributed by atoms with Crippen molar-refractivity contribution in [3.8, 4) is 6.07 Å². The molecule has 0 amide bonds. The second kappa shape index (κ2) is 11.4. The summed E-state index contributed by atoms with van der Waals surface area (Å²) in [6.07, 6.45) is 3.23. The molecule has 0 aliphatic carbocycles. The first kappa shape index (κ1) is 27.9. The number of pyridine rings is 2. The first-order chi connectivity index (χ1) is 19.1. The van der Waals surface area contributed by atoms with E-state index < -0.39 is 11.9 Å². The summed E-state index contributed by atoms with van der Waals surface area (Å²) in [6, 6.07) is 12.7. The molecule has 13 heteroatoms. The molecule has 5 aromatic rings. The Hall–Kier alpha value is -3.68. The van der Waals surface area contributed by atoms with Gasteiger partial charge in [-0.3, -0.25) is 4.98 Å². The Balaban J connectivity index is 1.63. The van der Waals surface area contributed by atoms with Gasteiger partial charge < -0.3 is 10.6 Å².